The summed E-state index contributed by atoms with van der Waals surface area (Å²) in [5.41, 5.74) is -1.54. The highest BCUT2D eigenvalue weighted by molar-refractivity contribution is 6.13. The van der Waals surface area contributed by atoms with E-state index in [0.29, 0.717) is 24.1 Å². The molecule has 0 radical (unpaired) electrons. The molecule has 1 aliphatic heterocycles. The fourth-order valence-electron chi connectivity index (χ4n) is 2.91. The molecule has 0 spiro atoms. The first kappa shape index (κ1) is 25.9. The lowest BCUT2D eigenvalue weighted by atomic mass is 9.90. The summed E-state index contributed by atoms with van der Waals surface area (Å²) in [5, 5.41) is 21.9. The lowest BCUT2D eigenvalue weighted by Gasteiger charge is -2.28. The van der Waals surface area contributed by atoms with Crippen molar-refractivity contribution in [1.29, 1.82) is 0 Å². The van der Waals surface area contributed by atoms with E-state index in [1.807, 2.05) is 13.8 Å². The maximum Gasteiger partial charge on any atom is 0.338 e. The number of carbonyl (C=O) groups excluding carboxylic acids is 4. The van der Waals surface area contributed by atoms with Crippen molar-refractivity contribution in [3.05, 3.63) is 24.3 Å². The van der Waals surface area contributed by atoms with Crippen molar-refractivity contribution in [1.82, 2.24) is 14.9 Å². The second-order valence-corrected chi connectivity index (χ2v) is 8.98. The number of rotatable bonds is 12. The van der Waals surface area contributed by atoms with Crippen molar-refractivity contribution in [2.24, 2.45) is 5.41 Å². The maximum absolute atomic E-state index is 12.4. The van der Waals surface area contributed by atoms with E-state index in [4.69, 9.17) is 9.57 Å². The third kappa shape index (κ3) is 7.35. The highest BCUT2D eigenvalue weighted by Crippen LogP contribution is 2.26. The molecule has 1 aromatic rings. The molecule has 3 N–H and O–H groups in total. The molecule has 0 saturated heterocycles. The number of amides is 3. The smallest absolute Gasteiger partial charge is 0.338 e. The van der Waals surface area contributed by atoms with E-state index >= 15 is 0 Å². The molecule has 33 heavy (non-hydrogen) atoms. The molecule has 0 saturated carbocycles. The molecule has 2 heterocycles. The lowest BCUT2D eigenvalue weighted by Crippen LogP contribution is -2.37. The van der Waals surface area contributed by atoms with Gasteiger partial charge in [0.05, 0.1) is 11.0 Å². The summed E-state index contributed by atoms with van der Waals surface area (Å²) in [4.78, 5) is 53.4. The van der Waals surface area contributed by atoms with Gasteiger partial charge in [-0.1, -0.05) is 0 Å². The van der Waals surface area contributed by atoms with Crippen molar-refractivity contribution in [3.8, 4) is 11.8 Å². The summed E-state index contributed by atoms with van der Waals surface area (Å²) >= 11 is 0. The van der Waals surface area contributed by atoms with Gasteiger partial charge in [-0.15, -0.1) is 4.73 Å². The number of nitrogens with one attached hydrogen (secondary N) is 1. The van der Waals surface area contributed by atoms with Gasteiger partial charge >= 0.3 is 5.97 Å². The minimum Gasteiger partial charge on any atom is -0.492 e. The Morgan fingerprint density at radius 1 is 1.00 bits per heavy atom. The Balaban J connectivity index is 1.69. The van der Waals surface area contributed by atoms with Crippen molar-refractivity contribution in [3.63, 3.8) is 0 Å². The van der Waals surface area contributed by atoms with Crippen LogP contribution in [-0.2, 0) is 23.9 Å². The van der Waals surface area contributed by atoms with Crippen LogP contribution in [0.3, 0.4) is 0 Å². The molecule has 0 aliphatic carbocycles. The Bertz CT molecular complexity index is 895. The summed E-state index contributed by atoms with van der Waals surface area (Å²) in [5.74, 6) is -2.56. The molecule has 1 aromatic heterocycles. The first-order valence-corrected chi connectivity index (χ1v) is 10.6. The number of ether oxygens (including phenoxy) is 1. The SMILES string of the molecule is CC(C)(CCNC(=O)CCN1C(=O)C=CC1=O)OCCC(C)(C)C(=O)On1c(O)ccc1O. The number of carbonyl (C=O) groups is 4. The summed E-state index contributed by atoms with van der Waals surface area (Å²) in [6, 6.07) is 2.39. The minimum absolute atomic E-state index is 0.0171. The van der Waals surface area contributed by atoms with Gasteiger partial charge in [0.15, 0.2) is 0 Å². The molecule has 0 aromatic carbocycles. The van der Waals surface area contributed by atoms with E-state index in [1.165, 1.54) is 24.3 Å². The average Bonchev–Trinajstić information content (AvgIpc) is 3.21. The van der Waals surface area contributed by atoms with Crippen molar-refractivity contribution >= 4 is 23.7 Å². The van der Waals surface area contributed by atoms with Crippen LogP contribution < -0.4 is 10.2 Å². The molecule has 182 valence electrons. The molecule has 0 bridgehead atoms. The van der Waals surface area contributed by atoms with E-state index < -0.39 is 40.6 Å². The van der Waals surface area contributed by atoms with Gasteiger partial charge in [0.1, 0.15) is 0 Å². The standard InChI is InChI=1S/C22H31N3O8/c1-21(2,20(31)33-25-18(29)7-8-19(25)30)11-14-32-22(3,4)10-12-23-15(26)9-13-24-16(27)5-6-17(24)28/h5-8,29-30H,9-14H2,1-4H3,(H,23,26). The van der Waals surface area contributed by atoms with Crippen LogP contribution in [0.2, 0.25) is 0 Å². The first-order chi connectivity index (χ1) is 15.3. The molecule has 0 unspecified atom stereocenters. The second-order valence-electron chi connectivity index (χ2n) is 8.98. The molecule has 2 rings (SSSR count). The Kier molecular flexibility index (Phi) is 8.26. The quantitative estimate of drug-likeness (QED) is 0.386. The van der Waals surface area contributed by atoms with Crippen molar-refractivity contribution in [2.75, 3.05) is 19.7 Å². The zero-order chi connectivity index (χ0) is 24.8. The van der Waals surface area contributed by atoms with Crippen LogP contribution in [0.1, 0.15) is 47.0 Å². The number of aromatic hydroxyl groups is 2. The van der Waals surface area contributed by atoms with Crippen LogP contribution in [0.4, 0.5) is 0 Å². The fraction of sp³-hybridized carbons (Fsp3) is 0.545. The predicted octanol–water partition coefficient (Wildman–Crippen LogP) is 0.887. The molecule has 0 atom stereocenters. The van der Waals surface area contributed by atoms with Gasteiger partial charge in [0, 0.05) is 50.4 Å². The average molecular weight is 466 g/mol. The number of nitrogens with zero attached hydrogens (tertiary/aromatic N) is 2. The Labute approximate surface area is 191 Å². The fourth-order valence-corrected chi connectivity index (χ4v) is 2.91. The first-order valence-electron chi connectivity index (χ1n) is 10.6. The molecule has 11 nitrogen and oxygen atoms in total. The highest BCUT2D eigenvalue weighted by Gasteiger charge is 2.32. The van der Waals surface area contributed by atoms with Gasteiger partial charge in [0.25, 0.3) is 11.8 Å². The largest absolute Gasteiger partial charge is 0.492 e. The van der Waals surface area contributed by atoms with Gasteiger partial charge in [-0.25, -0.2) is 4.79 Å². The van der Waals surface area contributed by atoms with E-state index in [1.54, 1.807) is 13.8 Å². The summed E-state index contributed by atoms with van der Waals surface area (Å²) in [6.45, 7) is 7.63. The summed E-state index contributed by atoms with van der Waals surface area (Å²) < 4.78 is 6.52. The van der Waals surface area contributed by atoms with Gasteiger partial charge < -0.3 is 25.1 Å². The Morgan fingerprint density at radius 2 is 1.58 bits per heavy atom. The Morgan fingerprint density at radius 3 is 2.15 bits per heavy atom. The highest BCUT2D eigenvalue weighted by atomic mass is 16.7. The molecular formula is C22H31N3O8. The monoisotopic (exact) mass is 465 g/mol. The van der Waals surface area contributed by atoms with E-state index in [0.717, 1.165) is 4.90 Å². The molecule has 11 heteroatoms. The zero-order valence-electron chi connectivity index (χ0n) is 19.3. The molecule has 1 aliphatic rings. The third-order valence-corrected chi connectivity index (χ3v) is 5.26. The van der Waals surface area contributed by atoms with Crippen molar-refractivity contribution in [2.45, 2.75) is 52.6 Å². The number of aromatic nitrogens is 1. The topological polar surface area (TPSA) is 147 Å². The number of hydrogen-bond acceptors (Lipinski definition) is 8. The van der Waals surface area contributed by atoms with Crippen LogP contribution in [-0.4, -0.2) is 68.8 Å². The Hall–Kier alpha value is -3.34. The van der Waals surface area contributed by atoms with Crippen LogP contribution in [0.15, 0.2) is 24.3 Å². The van der Waals surface area contributed by atoms with Crippen LogP contribution in [0, 0.1) is 5.41 Å². The third-order valence-electron chi connectivity index (χ3n) is 5.26. The van der Waals surface area contributed by atoms with Gasteiger partial charge in [-0.2, -0.15) is 0 Å². The minimum atomic E-state index is -0.952. The predicted molar refractivity (Wildman–Crippen MR) is 116 cm³/mol. The summed E-state index contributed by atoms with van der Waals surface area (Å²) in [7, 11) is 0. The zero-order valence-corrected chi connectivity index (χ0v) is 19.3. The summed E-state index contributed by atoms with van der Waals surface area (Å²) in [6.07, 6.45) is 3.18. The maximum atomic E-state index is 12.4. The van der Waals surface area contributed by atoms with Crippen LogP contribution in [0.25, 0.3) is 0 Å². The lowest BCUT2D eigenvalue weighted by molar-refractivity contribution is -0.157. The van der Waals surface area contributed by atoms with Gasteiger partial charge in [-0.05, 0) is 40.5 Å². The van der Waals surface area contributed by atoms with Crippen LogP contribution >= 0.6 is 0 Å². The van der Waals surface area contributed by atoms with E-state index in [2.05, 4.69) is 5.32 Å². The number of imide groups is 1. The number of hydrogen-bond donors (Lipinski definition) is 3. The van der Waals surface area contributed by atoms with E-state index in [-0.39, 0.29) is 25.5 Å². The second kappa shape index (κ2) is 10.5. The molecule has 3 amide bonds. The van der Waals surface area contributed by atoms with Gasteiger partial charge in [-0.3, -0.25) is 19.3 Å². The van der Waals surface area contributed by atoms with Crippen molar-refractivity contribution < 1.29 is 39.0 Å². The van der Waals surface area contributed by atoms with Gasteiger partial charge in [0.2, 0.25) is 17.7 Å². The molecular weight excluding hydrogens is 434 g/mol. The normalized spacial score (nSPS) is 14.1. The molecule has 0 fully saturated rings. The van der Waals surface area contributed by atoms with Crippen LogP contribution in [0.5, 0.6) is 11.8 Å². The van der Waals surface area contributed by atoms with E-state index in [9.17, 15) is 29.4 Å².